The van der Waals surface area contributed by atoms with E-state index in [0.717, 1.165) is 11.3 Å². The molecular weight excluding hydrogens is 216 g/mol. The van der Waals surface area contributed by atoms with Crippen LogP contribution in [0, 0.1) is 0 Å². The Morgan fingerprint density at radius 2 is 2.18 bits per heavy atom. The molecule has 0 radical (unpaired) electrons. The topological polar surface area (TPSA) is 73.1 Å². The van der Waals surface area contributed by atoms with Gasteiger partial charge in [0.15, 0.2) is 0 Å². The van der Waals surface area contributed by atoms with Gasteiger partial charge in [-0.25, -0.2) is 9.97 Å². The molecule has 0 saturated carbocycles. The van der Waals surface area contributed by atoms with Crippen molar-refractivity contribution in [2.24, 2.45) is 5.73 Å². The first-order chi connectivity index (χ1) is 8.31. The van der Waals surface area contributed by atoms with Gasteiger partial charge in [0.25, 0.3) is 0 Å². The zero-order valence-corrected chi connectivity index (χ0v) is 9.55. The summed E-state index contributed by atoms with van der Waals surface area (Å²) in [5, 5.41) is 3.17. The number of benzene rings is 1. The fourth-order valence-corrected chi connectivity index (χ4v) is 1.44. The Kier molecular flexibility index (Phi) is 3.52. The third-order valence-corrected chi connectivity index (χ3v) is 2.29. The van der Waals surface area contributed by atoms with Crippen LogP contribution in [0.2, 0.25) is 0 Å². The Morgan fingerprint density at radius 1 is 1.29 bits per heavy atom. The maximum Gasteiger partial charge on any atom is 0.218 e. The lowest BCUT2D eigenvalue weighted by Gasteiger charge is -2.07. The number of nitrogens with two attached hydrogens (primary N) is 1. The first kappa shape index (κ1) is 11.3. The number of rotatable bonds is 4. The molecule has 0 aliphatic rings. The summed E-state index contributed by atoms with van der Waals surface area (Å²) in [7, 11) is 1.57. The molecule has 0 aliphatic heterocycles. The summed E-state index contributed by atoms with van der Waals surface area (Å²) >= 11 is 0. The largest absolute Gasteiger partial charge is 0.481 e. The molecule has 0 unspecified atom stereocenters. The fourth-order valence-electron chi connectivity index (χ4n) is 1.44. The van der Waals surface area contributed by atoms with Crippen LogP contribution in [0.15, 0.2) is 36.7 Å². The fraction of sp³-hybridized carbons (Fsp3) is 0.167. The number of nitrogens with one attached hydrogen (secondary N) is 1. The predicted molar refractivity (Wildman–Crippen MR) is 66.2 cm³/mol. The van der Waals surface area contributed by atoms with Crippen molar-refractivity contribution in [1.82, 2.24) is 9.97 Å². The van der Waals surface area contributed by atoms with Crippen molar-refractivity contribution < 1.29 is 4.74 Å². The van der Waals surface area contributed by atoms with E-state index >= 15 is 0 Å². The van der Waals surface area contributed by atoms with Crippen molar-refractivity contribution in [2.75, 3.05) is 12.4 Å². The molecule has 1 aromatic heterocycles. The van der Waals surface area contributed by atoms with Gasteiger partial charge in [0, 0.05) is 18.3 Å². The summed E-state index contributed by atoms with van der Waals surface area (Å²) in [4.78, 5) is 8.04. The highest BCUT2D eigenvalue weighted by molar-refractivity contribution is 5.57. The summed E-state index contributed by atoms with van der Waals surface area (Å²) in [6, 6.07) is 9.59. The van der Waals surface area contributed by atoms with Crippen LogP contribution in [0.25, 0.3) is 0 Å². The molecule has 1 heterocycles. The summed E-state index contributed by atoms with van der Waals surface area (Å²) < 4.78 is 5.03. The molecule has 2 rings (SSSR count). The molecule has 5 heteroatoms. The Balaban J connectivity index is 2.18. The normalized spacial score (nSPS) is 10.0. The second-order valence-electron chi connectivity index (χ2n) is 3.48. The maximum atomic E-state index is 5.58. The highest BCUT2D eigenvalue weighted by Crippen LogP contribution is 2.17. The van der Waals surface area contributed by atoms with Gasteiger partial charge in [-0.1, -0.05) is 12.1 Å². The molecular formula is C12H14N4O. The first-order valence-electron chi connectivity index (χ1n) is 5.24. The average molecular weight is 230 g/mol. The van der Waals surface area contributed by atoms with Crippen molar-refractivity contribution in [3.05, 3.63) is 42.2 Å². The van der Waals surface area contributed by atoms with Crippen molar-refractivity contribution in [3.63, 3.8) is 0 Å². The molecule has 3 N–H and O–H groups in total. The lowest BCUT2D eigenvalue weighted by molar-refractivity contribution is 0.397. The first-order valence-corrected chi connectivity index (χ1v) is 5.24. The van der Waals surface area contributed by atoms with E-state index in [2.05, 4.69) is 15.3 Å². The summed E-state index contributed by atoms with van der Waals surface area (Å²) in [6.45, 7) is 0.516. The number of nitrogens with zero attached hydrogens (tertiary/aromatic N) is 2. The zero-order valence-electron chi connectivity index (χ0n) is 9.55. The predicted octanol–water partition coefficient (Wildman–Crippen LogP) is 1.69. The summed E-state index contributed by atoms with van der Waals surface area (Å²) in [6.07, 6.45) is 1.45. The van der Waals surface area contributed by atoms with E-state index in [1.54, 1.807) is 13.2 Å². The Hall–Kier alpha value is -2.14. The molecule has 0 saturated heterocycles. The minimum Gasteiger partial charge on any atom is -0.481 e. The van der Waals surface area contributed by atoms with E-state index in [-0.39, 0.29) is 0 Å². The molecule has 0 fully saturated rings. The standard InChI is InChI=1S/C12H14N4O/c1-17-12-6-11(14-8-15-12)16-10-4-2-3-9(5-10)7-13/h2-6,8H,7,13H2,1H3,(H,14,15,16). The van der Waals surface area contributed by atoms with Crippen molar-refractivity contribution in [2.45, 2.75) is 6.54 Å². The number of anilines is 2. The number of hydrogen-bond acceptors (Lipinski definition) is 5. The average Bonchev–Trinajstić information content (AvgIpc) is 2.39. The van der Waals surface area contributed by atoms with E-state index in [9.17, 15) is 0 Å². The van der Waals surface area contributed by atoms with Crippen LogP contribution < -0.4 is 15.8 Å². The number of aromatic nitrogens is 2. The molecule has 0 amide bonds. The molecule has 2 aromatic rings. The minimum absolute atomic E-state index is 0.516. The second-order valence-corrected chi connectivity index (χ2v) is 3.48. The van der Waals surface area contributed by atoms with E-state index in [4.69, 9.17) is 10.5 Å². The Morgan fingerprint density at radius 3 is 2.94 bits per heavy atom. The molecule has 88 valence electrons. The molecule has 5 nitrogen and oxygen atoms in total. The number of hydrogen-bond donors (Lipinski definition) is 2. The lowest BCUT2D eigenvalue weighted by atomic mass is 10.2. The van der Waals surface area contributed by atoms with Gasteiger partial charge >= 0.3 is 0 Å². The molecule has 1 aromatic carbocycles. The van der Waals surface area contributed by atoms with E-state index in [1.807, 2.05) is 24.3 Å². The highest BCUT2D eigenvalue weighted by atomic mass is 16.5. The van der Waals surface area contributed by atoms with E-state index in [1.165, 1.54) is 6.33 Å². The quantitative estimate of drug-likeness (QED) is 0.836. The van der Waals surface area contributed by atoms with Gasteiger partial charge in [0.05, 0.1) is 7.11 Å². The Labute approximate surface area is 99.7 Å². The van der Waals surface area contributed by atoms with Crippen LogP contribution in [-0.4, -0.2) is 17.1 Å². The molecule has 0 bridgehead atoms. The van der Waals surface area contributed by atoms with Gasteiger partial charge in [0.1, 0.15) is 12.1 Å². The Bertz CT molecular complexity index is 456. The van der Waals surface area contributed by atoms with Crippen molar-refractivity contribution in [1.29, 1.82) is 0 Å². The molecule has 0 aliphatic carbocycles. The molecule has 0 spiro atoms. The van der Waals surface area contributed by atoms with Gasteiger partial charge in [-0.15, -0.1) is 0 Å². The van der Waals surface area contributed by atoms with E-state index in [0.29, 0.717) is 18.2 Å². The van der Waals surface area contributed by atoms with Crippen molar-refractivity contribution >= 4 is 11.5 Å². The maximum absolute atomic E-state index is 5.58. The third-order valence-electron chi connectivity index (χ3n) is 2.29. The lowest BCUT2D eigenvalue weighted by Crippen LogP contribution is -1.99. The van der Waals surface area contributed by atoms with Crippen LogP contribution in [0.1, 0.15) is 5.56 Å². The number of methoxy groups -OCH3 is 1. The smallest absolute Gasteiger partial charge is 0.218 e. The number of ether oxygens (including phenoxy) is 1. The third kappa shape index (κ3) is 2.92. The van der Waals surface area contributed by atoms with Crippen molar-refractivity contribution in [3.8, 4) is 5.88 Å². The minimum atomic E-state index is 0.516. The highest BCUT2D eigenvalue weighted by Gasteiger charge is 1.99. The summed E-state index contributed by atoms with van der Waals surface area (Å²) in [5.41, 5.74) is 7.59. The van der Waals surface area contributed by atoms with Gasteiger partial charge in [0.2, 0.25) is 5.88 Å². The van der Waals surface area contributed by atoms with Crippen LogP contribution >= 0.6 is 0 Å². The molecule has 0 atom stereocenters. The van der Waals surface area contributed by atoms with Gasteiger partial charge < -0.3 is 15.8 Å². The van der Waals surface area contributed by atoms with Gasteiger partial charge in [-0.3, -0.25) is 0 Å². The van der Waals surface area contributed by atoms with E-state index < -0.39 is 0 Å². The van der Waals surface area contributed by atoms with Gasteiger partial charge in [-0.05, 0) is 17.7 Å². The van der Waals surface area contributed by atoms with Crippen LogP contribution in [0.4, 0.5) is 11.5 Å². The zero-order chi connectivity index (χ0) is 12.1. The monoisotopic (exact) mass is 230 g/mol. The summed E-state index contributed by atoms with van der Waals surface area (Å²) in [5.74, 6) is 1.21. The second kappa shape index (κ2) is 5.27. The van der Waals surface area contributed by atoms with Crippen LogP contribution in [0.5, 0.6) is 5.88 Å². The van der Waals surface area contributed by atoms with Crippen LogP contribution in [-0.2, 0) is 6.54 Å². The SMILES string of the molecule is COc1cc(Nc2cccc(CN)c2)ncn1. The molecule has 17 heavy (non-hydrogen) atoms. The van der Waals surface area contributed by atoms with Crippen LogP contribution in [0.3, 0.4) is 0 Å². The van der Waals surface area contributed by atoms with Gasteiger partial charge in [-0.2, -0.15) is 0 Å².